The molecule has 1 aromatic heterocycles. The van der Waals surface area contributed by atoms with Crippen LogP contribution >= 0.6 is 0 Å². The molecular weight excluding hydrogens is 489 g/mol. The van der Waals surface area contributed by atoms with Crippen molar-refractivity contribution < 1.29 is 23.5 Å². The second kappa shape index (κ2) is 12.4. The minimum Gasteiger partial charge on any atom is -0.497 e. The molecule has 1 aliphatic rings. The molecule has 0 saturated carbocycles. The van der Waals surface area contributed by atoms with E-state index in [2.05, 4.69) is 15.1 Å². The maximum atomic E-state index is 13.3. The van der Waals surface area contributed by atoms with Crippen LogP contribution in [0.5, 0.6) is 11.5 Å². The maximum Gasteiger partial charge on any atom is 0.254 e. The highest BCUT2D eigenvalue weighted by Crippen LogP contribution is 2.32. The van der Waals surface area contributed by atoms with Gasteiger partial charge in [-0.25, -0.2) is 4.39 Å². The topological polar surface area (TPSA) is 88.1 Å². The monoisotopic (exact) mass is 521 g/mol. The molecule has 2 amide bonds. The summed E-state index contributed by atoms with van der Waals surface area (Å²) in [6, 6.07) is 14.7. The molecule has 0 unspecified atom stereocenters. The number of benzene rings is 2. The lowest BCUT2D eigenvalue weighted by Gasteiger charge is -2.36. The van der Waals surface area contributed by atoms with Gasteiger partial charge in [0.15, 0.2) is 5.82 Å². The number of carbonyl (C=O) groups is 2. The van der Waals surface area contributed by atoms with Crippen LogP contribution in [0, 0.1) is 5.82 Å². The lowest BCUT2D eigenvalue weighted by atomic mass is 10.1. The number of hydrogen-bond acceptors (Lipinski definition) is 7. The quantitative estimate of drug-likeness (QED) is 0.426. The van der Waals surface area contributed by atoms with Gasteiger partial charge in [0.05, 0.1) is 19.9 Å². The molecule has 0 atom stereocenters. The number of methoxy groups -OCH3 is 2. The second-order valence-electron chi connectivity index (χ2n) is 8.94. The molecule has 0 aliphatic carbocycles. The van der Waals surface area contributed by atoms with Gasteiger partial charge < -0.3 is 24.2 Å². The van der Waals surface area contributed by atoms with E-state index in [9.17, 15) is 14.0 Å². The summed E-state index contributed by atoms with van der Waals surface area (Å²) in [5, 5.41) is 8.80. The lowest BCUT2D eigenvalue weighted by molar-refractivity contribution is -0.132. The van der Waals surface area contributed by atoms with Crippen LogP contribution in [-0.4, -0.2) is 85.3 Å². The number of carbonyl (C=O) groups excluding carboxylic acids is 2. The fourth-order valence-electron chi connectivity index (χ4n) is 4.39. The van der Waals surface area contributed by atoms with Crippen LogP contribution in [0.4, 0.5) is 10.2 Å². The van der Waals surface area contributed by atoms with E-state index in [4.69, 9.17) is 9.47 Å². The predicted molar refractivity (Wildman–Crippen MR) is 142 cm³/mol. The average molecular weight is 522 g/mol. The molecular formula is C28H32FN5O4. The Balaban J connectivity index is 1.35. The summed E-state index contributed by atoms with van der Waals surface area (Å²) in [6.45, 7) is 4.62. The molecule has 2 aromatic carbocycles. The molecule has 3 aromatic rings. The first-order valence-corrected chi connectivity index (χ1v) is 12.6. The van der Waals surface area contributed by atoms with Crippen molar-refractivity contribution in [3.63, 3.8) is 0 Å². The minimum absolute atomic E-state index is 0.0117. The van der Waals surface area contributed by atoms with E-state index in [1.807, 2.05) is 31.2 Å². The number of piperazine rings is 1. The van der Waals surface area contributed by atoms with Gasteiger partial charge >= 0.3 is 0 Å². The van der Waals surface area contributed by atoms with Crippen LogP contribution in [0.15, 0.2) is 54.6 Å². The van der Waals surface area contributed by atoms with Gasteiger partial charge in [0.1, 0.15) is 23.9 Å². The third-order valence-electron chi connectivity index (χ3n) is 6.49. The molecule has 38 heavy (non-hydrogen) atoms. The van der Waals surface area contributed by atoms with Gasteiger partial charge in [-0.2, -0.15) is 0 Å². The van der Waals surface area contributed by atoms with Crippen molar-refractivity contribution in [2.45, 2.75) is 13.3 Å². The van der Waals surface area contributed by atoms with Crippen LogP contribution in [0.3, 0.4) is 0 Å². The van der Waals surface area contributed by atoms with Crippen LogP contribution in [0.25, 0.3) is 11.3 Å². The first-order chi connectivity index (χ1) is 18.4. The zero-order valence-corrected chi connectivity index (χ0v) is 21.9. The Kier molecular flexibility index (Phi) is 8.73. The zero-order chi connectivity index (χ0) is 27.1. The van der Waals surface area contributed by atoms with Crippen molar-refractivity contribution in [2.24, 2.45) is 0 Å². The van der Waals surface area contributed by atoms with Gasteiger partial charge in [-0.1, -0.05) is 6.92 Å². The Morgan fingerprint density at radius 2 is 1.68 bits per heavy atom. The summed E-state index contributed by atoms with van der Waals surface area (Å²) in [4.78, 5) is 31.3. The highest BCUT2D eigenvalue weighted by atomic mass is 19.1. The standard InChI is InChI=1S/C28H32FN5O4/c1-4-13-34(28(36)20-5-7-21(29)8-6-20)19-27(35)33-16-14-32(15-17-33)26-12-11-24(30-31-26)23-10-9-22(37-2)18-25(23)38-3/h5-12,18H,4,13-17,19H2,1-3H3. The van der Waals surface area contributed by atoms with E-state index in [1.165, 1.54) is 29.2 Å². The minimum atomic E-state index is -0.405. The van der Waals surface area contributed by atoms with E-state index >= 15 is 0 Å². The van der Waals surface area contributed by atoms with Crippen LogP contribution in [-0.2, 0) is 4.79 Å². The number of halogens is 1. The number of aromatic nitrogens is 2. The summed E-state index contributed by atoms with van der Waals surface area (Å²) in [6.07, 6.45) is 0.713. The molecule has 4 rings (SSSR count). The van der Waals surface area contributed by atoms with Gasteiger partial charge in [-0.3, -0.25) is 9.59 Å². The smallest absolute Gasteiger partial charge is 0.254 e. The molecule has 0 bridgehead atoms. The van der Waals surface area contributed by atoms with E-state index in [0.717, 1.165) is 11.4 Å². The van der Waals surface area contributed by atoms with Crippen molar-refractivity contribution in [1.82, 2.24) is 20.0 Å². The van der Waals surface area contributed by atoms with Crippen LogP contribution in [0.2, 0.25) is 0 Å². The van der Waals surface area contributed by atoms with Crippen LogP contribution < -0.4 is 14.4 Å². The number of amides is 2. The summed E-state index contributed by atoms with van der Waals surface area (Å²) in [5.74, 6) is 1.28. The SMILES string of the molecule is CCCN(CC(=O)N1CCN(c2ccc(-c3ccc(OC)cc3OC)nn2)CC1)C(=O)c1ccc(F)cc1. The number of hydrogen-bond donors (Lipinski definition) is 0. The molecule has 1 saturated heterocycles. The molecule has 0 spiro atoms. The van der Waals surface area contributed by atoms with Crippen molar-refractivity contribution in [1.29, 1.82) is 0 Å². The van der Waals surface area contributed by atoms with Crippen molar-refractivity contribution in [2.75, 3.05) is 58.4 Å². The first-order valence-electron chi connectivity index (χ1n) is 12.6. The number of rotatable bonds is 9. The Bertz CT molecular complexity index is 1250. The van der Waals surface area contributed by atoms with Gasteiger partial charge in [0, 0.05) is 49.9 Å². The summed E-state index contributed by atoms with van der Waals surface area (Å²) in [5.41, 5.74) is 1.87. The van der Waals surface area contributed by atoms with Gasteiger partial charge in [-0.05, 0) is 55.0 Å². The maximum absolute atomic E-state index is 13.3. The lowest BCUT2D eigenvalue weighted by Crippen LogP contribution is -2.52. The summed E-state index contributed by atoms with van der Waals surface area (Å²) in [7, 11) is 3.20. The highest BCUT2D eigenvalue weighted by molar-refractivity contribution is 5.96. The molecule has 0 N–H and O–H groups in total. The Labute approximate surface area is 221 Å². The number of anilines is 1. The first kappa shape index (κ1) is 26.8. The number of ether oxygens (including phenoxy) is 2. The average Bonchev–Trinajstić information content (AvgIpc) is 2.96. The van der Waals surface area contributed by atoms with E-state index < -0.39 is 5.82 Å². The summed E-state index contributed by atoms with van der Waals surface area (Å²) < 4.78 is 24.0. The fraction of sp³-hybridized carbons (Fsp3) is 0.357. The molecule has 200 valence electrons. The number of nitrogens with zero attached hydrogens (tertiary/aromatic N) is 5. The van der Waals surface area contributed by atoms with Gasteiger partial charge in [0.2, 0.25) is 5.91 Å². The molecule has 1 aliphatic heterocycles. The largest absolute Gasteiger partial charge is 0.497 e. The second-order valence-corrected chi connectivity index (χ2v) is 8.94. The molecule has 9 nitrogen and oxygen atoms in total. The highest BCUT2D eigenvalue weighted by Gasteiger charge is 2.26. The van der Waals surface area contributed by atoms with Crippen molar-refractivity contribution in [3.05, 3.63) is 66.0 Å². The normalized spacial score (nSPS) is 13.3. The Morgan fingerprint density at radius 1 is 0.947 bits per heavy atom. The predicted octanol–water partition coefficient (Wildman–Crippen LogP) is 3.50. The van der Waals surface area contributed by atoms with Gasteiger partial charge in [-0.15, -0.1) is 10.2 Å². The van der Waals surface area contributed by atoms with Crippen molar-refractivity contribution in [3.8, 4) is 22.8 Å². The Morgan fingerprint density at radius 3 is 2.29 bits per heavy atom. The van der Waals surface area contributed by atoms with Crippen LogP contribution in [0.1, 0.15) is 23.7 Å². The van der Waals surface area contributed by atoms with E-state index in [-0.39, 0.29) is 18.4 Å². The molecule has 10 heteroatoms. The molecule has 2 heterocycles. The fourth-order valence-corrected chi connectivity index (χ4v) is 4.39. The molecule has 0 radical (unpaired) electrons. The van der Waals surface area contributed by atoms with Crippen molar-refractivity contribution >= 4 is 17.6 Å². The third kappa shape index (κ3) is 6.19. The third-order valence-corrected chi connectivity index (χ3v) is 6.49. The Hall–Kier alpha value is -4.21. The zero-order valence-electron chi connectivity index (χ0n) is 21.9. The van der Waals surface area contributed by atoms with E-state index in [0.29, 0.717) is 61.9 Å². The van der Waals surface area contributed by atoms with E-state index in [1.54, 1.807) is 25.2 Å². The molecule has 1 fully saturated rings. The summed E-state index contributed by atoms with van der Waals surface area (Å²) >= 11 is 0. The van der Waals surface area contributed by atoms with Gasteiger partial charge in [0.25, 0.3) is 5.91 Å².